The average Bonchev–Trinajstić information content (AvgIpc) is 2.83. The summed E-state index contributed by atoms with van der Waals surface area (Å²) in [6.45, 7) is 5.70. The summed E-state index contributed by atoms with van der Waals surface area (Å²) in [6, 6.07) is 0. The molecule has 2 aliphatic rings. The van der Waals surface area contributed by atoms with E-state index in [0.717, 1.165) is 5.57 Å². The van der Waals surface area contributed by atoms with Gasteiger partial charge in [-0.3, -0.25) is 4.79 Å². The normalized spacial score (nSPS) is 26.0. The number of allylic oxidation sites excluding steroid dienone is 4. The third-order valence-electron chi connectivity index (χ3n) is 3.40. The van der Waals surface area contributed by atoms with E-state index in [-0.39, 0.29) is 19.2 Å². The van der Waals surface area contributed by atoms with Gasteiger partial charge in [0.05, 0.1) is 12.0 Å². The highest BCUT2D eigenvalue weighted by molar-refractivity contribution is 5.99. The van der Waals surface area contributed by atoms with Crippen LogP contribution in [0, 0.1) is 5.41 Å². The number of aliphatic hydroxyl groups is 1. The third kappa shape index (κ3) is 2.63. The lowest BCUT2D eigenvalue weighted by molar-refractivity contribution is -0.121. The number of hydrogen-bond donors (Lipinski definition) is 1. The van der Waals surface area contributed by atoms with E-state index < -0.39 is 5.41 Å². The van der Waals surface area contributed by atoms with Crippen molar-refractivity contribution in [2.45, 2.75) is 19.8 Å². The first-order valence-corrected chi connectivity index (χ1v) is 6.23. The number of rotatable bonds is 5. The van der Waals surface area contributed by atoms with Gasteiger partial charge in [0, 0.05) is 6.08 Å². The molecule has 0 unspecified atom stereocenters. The Morgan fingerprint density at radius 1 is 1.47 bits per heavy atom. The molecule has 0 amide bonds. The number of fused-ring (bicyclic) bond motifs is 1. The fraction of sp³-hybridized carbons (Fsp3) is 0.400. The highest BCUT2D eigenvalue weighted by Crippen LogP contribution is 2.40. The van der Waals surface area contributed by atoms with Crippen molar-refractivity contribution in [3.8, 4) is 0 Å². The molecule has 0 saturated carbocycles. The lowest BCUT2D eigenvalue weighted by Crippen LogP contribution is -2.30. The molecule has 4 heteroatoms. The van der Waals surface area contributed by atoms with Crippen LogP contribution in [0.1, 0.15) is 19.8 Å². The van der Waals surface area contributed by atoms with Gasteiger partial charge in [0.15, 0.2) is 17.3 Å². The van der Waals surface area contributed by atoms with Gasteiger partial charge in [0.1, 0.15) is 0 Å². The summed E-state index contributed by atoms with van der Waals surface area (Å²) in [5.74, 6) is 1.11. The van der Waals surface area contributed by atoms with E-state index in [1.807, 2.05) is 19.1 Å². The van der Waals surface area contributed by atoms with Gasteiger partial charge in [-0.25, -0.2) is 0 Å². The number of carbonyl (C=O) groups is 1. The van der Waals surface area contributed by atoms with Crippen LogP contribution in [0.15, 0.2) is 48.0 Å². The predicted octanol–water partition coefficient (Wildman–Crippen LogP) is 2.23. The Labute approximate surface area is 112 Å². The summed E-state index contributed by atoms with van der Waals surface area (Å²) in [4.78, 5) is 12.4. The molecule has 4 nitrogen and oxygen atoms in total. The van der Waals surface area contributed by atoms with Gasteiger partial charge in [0.2, 0.25) is 6.79 Å². The van der Waals surface area contributed by atoms with Crippen molar-refractivity contribution >= 4 is 5.78 Å². The lowest BCUT2D eigenvalue weighted by atomic mass is 9.74. The van der Waals surface area contributed by atoms with Crippen molar-refractivity contribution in [2.24, 2.45) is 5.41 Å². The van der Waals surface area contributed by atoms with E-state index in [1.165, 1.54) is 6.08 Å². The molecule has 1 heterocycles. The second-order valence-electron chi connectivity index (χ2n) is 4.85. The average molecular weight is 262 g/mol. The van der Waals surface area contributed by atoms with Crippen LogP contribution in [0.4, 0.5) is 0 Å². The van der Waals surface area contributed by atoms with E-state index in [0.29, 0.717) is 24.4 Å². The minimum absolute atomic E-state index is 0.00433. The zero-order valence-electron chi connectivity index (χ0n) is 11.0. The van der Waals surface area contributed by atoms with E-state index in [4.69, 9.17) is 14.6 Å². The van der Waals surface area contributed by atoms with Crippen molar-refractivity contribution < 1.29 is 19.4 Å². The van der Waals surface area contributed by atoms with Gasteiger partial charge in [-0.15, -0.1) is 6.58 Å². The first-order chi connectivity index (χ1) is 9.11. The Balaban J connectivity index is 2.32. The lowest BCUT2D eigenvalue weighted by Gasteiger charge is -2.28. The largest absolute Gasteiger partial charge is 0.454 e. The number of aliphatic hydroxyl groups excluding tert-OH is 1. The number of ether oxygens (including phenoxy) is 2. The Morgan fingerprint density at radius 3 is 2.89 bits per heavy atom. The van der Waals surface area contributed by atoms with Crippen LogP contribution in [0.3, 0.4) is 0 Å². The minimum Gasteiger partial charge on any atom is -0.454 e. The van der Waals surface area contributed by atoms with Crippen molar-refractivity contribution in [3.63, 3.8) is 0 Å². The quantitative estimate of drug-likeness (QED) is 0.772. The monoisotopic (exact) mass is 262 g/mol. The van der Waals surface area contributed by atoms with Crippen LogP contribution in [0.25, 0.3) is 0 Å². The maximum absolute atomic E-state index is 12.4. The molecule has 1 fully saturated rings. The van der Waals surface area contributed by atoms with Crippen LogP contribution in [-0.2, 0) is 14.3 Å². The van der Waals surface area contributed by atoms with E-state index in [1.54, 1.807) is 6.08 Å². The molecule has 0 aromatic carbocycles. The molecule has 0 radical (unpaired) electrons. The number of ketones is 1. The molecular weight excluding hydrogens is 244 g/mol. The van der Waals surface area contributed by atoms with Crippen LogP contribution < -0.4 is 0 Å². The van der Waals surface area contributed by atoms with Gasteiger partial charge in [-0.2, -0.15) is 0 Å². The zero-order chi connectivity index (χ0) is 13.9. The first kappa shape index (κ1) is 13.6. The van der Waals surface area contributed by atoms with Gasteiger partial charge < -0.3 is 14.6 Å². The summed E-state index contributed by atoms with van der Waals surface area (Å²) in [6.07, 6.45) is 7.96. The Bertz CT molecular complexity index is 484. The Hall–Kier alpha value is -1.81. The molecule has 0 bridgehead atoms. The summed E-state index contributed by atoms with van der Waals surface area (Å²) in [7, 11) is 0. The van der Waals surface area contributed by atoms with Crippen LogP contribution in [0.5, 0.6) is 0 Å². The van der Waals surface area contributed by atoms with Crippen molar-refractivity contribution in [3.05, 3.63) is 48.0 Å². The van der Waals surface area contributed by atoms with Crippen LogP contribution >= 0.6 is 0 Å². The number of carbonyl (C=O) groups excluding carboxylic acids is 1. The molecule has 0 aromatic heterocycles. The van der Waals surface area contributed by atoms with Crippen LogP contribution in [-0.4, -0.2) is 24.3 Å². The molecule has 1 aliphatic carbocycles. The highest BCUT2D eigenvalue weighted by Gasteiger charge is 2.39. The number of hydrogen-bond acceptors (Lipinski definition) is 4. The van der Waals surface area contributed by atoms with E-state index >= 15 is 0 Å². The van der Waals surface area contributed by atoms with Crippen molar-refractivity contribution in [1.82, 2.24) is 0 Å². The second-order valence-corrected chi connectivity index (χ2v) is 4.85. The van der Waals surface area contributed by atoms with Crippen molar-refractivity contribution in [1.29, 1.82) is 0 Å². The van der Waals surface area contributed by atoms with Crippen molar-refractivity contribution in [2.75, 3.05) is 13.4 Å². The first-order valence-electron chi connectivity index (χ1n) is 6.23. The smallest absolute Gasteiger partial charge is 0.231 e. The fourth-order valence-corrected chi connectivity index (χ4v) is 2.19. The Kier molecular flexibility index (Phi) is 3.90. The second kappa shape index (κ2) is 5.45. The highest BCUT2D eigenvalue weighted by atomic mass is 16.7. The molecule has 1 atom stereocenters. The Morgan fingerprint density at radius 2 is 2.21 bits per heavy atom. The standard InChI is InChI=1S/C15H18O4/c1-3-5-15(6-4-11(2)9-16)8-13-12(7-14(15)17)18-10-19-13/h3-4,7-8,16H,1,5-6,9-10H2,2H3/t15-/m1/s1. The minimum atomic E-state index is -0.676. The molecule has 1 saturated heterocycles. The SMILES string of the molecule is C=CC[C@@]1(CC=C(C)CO)C=C2OCOC2=CC1=O. The zero-order valence-corrected chi connectivity index (χ0v) is 11.0. The molecular formula is C15H18O4. The van der Waals surface area contributed by atoms with E-state index in [2.05, 4.69) is 6.58 Å². The fourth-order valence-electron chi connectivity index (χ4n) is 2.19. The summed E-state index contributed by atoms with van der Waals surface area (Å²) < 4.78 is 10.6. The summed E-state index contributed by atoms with van der Waals surface area (Å²) >= 11 is 0. The molecule has 0 aromatic rings. The maximum atomic E-state index is 12.4. The maximum Gasteiger partial charge on any atom is 0.231 e. The van der Waals surface area contributed by atoms with Gasteiger partial charge in [-0.05, 0) is 25.8 Å². The van der Waals surface area contributed by atoms with E-state index in [9.17, 15) is 4.79 Å². The van der Waals surface area contributed by atoms with Gasteiger partial charge in [-0.1, -0.05) is 17.7 Å². The molecule has 1 aliphatic heterocycles. The molecule has 2 rings (SSSR count). The predicted molar refractivity (Wildman–Crippen MR) is 70.9 cm³/mol. The molecule has 102 valence electrons. The molecule has 19 heavy (non-hydrogen) atoms. The van der Waals surface area contributed by atoms with Crippen LogP contribution in [0.2, 0.25) is 0 Å². The van der Waals surface area contributed by atoms with Gasteiger partial charge in [0.25, 0.3) is 0 Å². The molecule has 0 spiro atoms. The topological polar surface area (TPSA) is 55.8 Å². The third-order valence-corrected chi connectivity index (χ3v) is 3.40. The molecule has 1 N–H and O–H groups in total. The van der Waals surface area contributed by atoms with Gasteiger partial charge >= 0.3 is 0 Å². The summed E-state index contributed by atoms with van der Waals surface area (Å²) in [5.41, 5.74) is 0.165. The summed E-state index contributed by atoms with van der Waals surface area (Å²) in [5, 5.41) is 9.05.